The average Bonchev–Trinajstić information content (AvgIpc) is 3.22. The third-order valence-electron chi connectivity index (χ3n) is 4.05. The largest absolute Gasteiger partial charge is 0.459 e. The summed E-state index contributed by atoms with van der Waals surface area (Å²) in [6.45, 7) is 0.780. The number of rotatable bonds is 2. The number of carbonyl (C=O) groups excluding carboxylic acids is 2. The number of furan rings is 1. The lowest BCUT2D eigenvalue weighted by atomic mass is 10.2. The van der Waals surface area contributed by atoms with Crippen LogP contribution in [0.3, 0.4) is 0 Å². The molecule has 2 amide bonds. The number of hydrogen-bond donors (Lipinski definition) is 0. The van der Waals surface area contributed by atoms with Crippen LogP contribution in [0, 0.1) is 0 Å². The van der Waals surface area contributed by atoms with Gasteiger partial charge in [0.1, 0.15) is 10.7 Å². The second-order valence-electron chi connectivity index (χ2n) is 5.69. The van der Waals surface area contributed by atoms with Crippen molar-refractivity contribution in [1.82, 2.24) is 19.6 Å². The smallest absolute Gasteiger partial charge is 0.436 e. The zero-order chi connectivity index (χ0) is 19.1. The molecule has 7 nitrogen and oxygen atoms in total. The molecule has 1 aliphatic heterocycles. The lowest BCUT2D eigenvalue weighted by Crippen LogP contribution is -2.50. The molecule has 140 valence electrons. The second-order valence-corrected chi connectivity index (χ2v) is 6.07. The molecule has 0 aliphatic carbocycles. The summed E-state index contributed by atoms with van der Waals surface area (Å²) >= 11 is 5.75. The first-order valence-electron chi connectivity index (χ1n) is 7.62. The predicted molar refractivity (Wildman–Crippen MR) is 83.7 cm³/mol. The summed E-state index contributed by atoms with van der Waals surface area (Å²) in [7, 11) is 1.23. The molecule has 0 atom stereocenters. The highest BCUT2D eigenvalue weighted by Crippen LogP contribution is 2.35. The maximum Gasteiger partial charge on any atom is 0.436 e. The zero-order valence-electron chi connectivity index (χ0n) is 13.6. The Morgan fingerprint density at radius 1 is 1.15 bits per heavy atom. The van der Waals surface area contributed by atoms with Crippen LogP contribution in [0.5, 0.6) is 0 Å². The Kier molecular flexibility index (Phi) is 4.70. The number of aryl methyl sites for hydroxylation is 1. The minimum atomic E-state index is -4.75. The van der Waals surface area contributed by atoms with Crippen LogP contribution in [0.15, 0.2) is 22.8 Å². The molecule has 0 spiro atoms. The molecule has 1 aliphatic rings. The van der Waals surface area contributed by atoms with E-state index >= 15 is 0 Å². The van der Waals surface area contributed by atoms with Crippen molar-refractivity contribution in [2.24, 2.45) is 7.05 Å². The van der Waals surface area contributed by atoms with Crippen molar-refractivity contribution in [3.8, 4) is 0 Å². The van der Waals surface area contributed by atoms with Crippen LogP contribution < -0.4 is 0 Å². The molecule has 3 heterocycles. The summed E-state index contributed by atoms with van der Waals surface area (Å²) in [6, 6.07) is 3.13. The summed E-state index contributed by atoms with van der Waals surface area (Å²) in [5.74, 6) is -0.778. The molecule has 0 N–H and O–H groups in total. The van der Waals surface area contributed by atoms with Crippen LogP contribution in [-0.4, -0.2) is 57.6 Å². The first-order valence-corrected chi connectivity index (χ1v) is 7.99. The van der Waals surface area contributed by atoms with E-state index in [-0.39, 0.29) is 43.5 Å². The van der Waals surface area contributed by atoms with Crippen LogP contribution in [-0.2, 0) is 13.2 Å². The first kappa shape index (κ1) is 18.3. The number of piperazine rings is 1. The van der Waals surface area contributed by atoms with E-state index in [1.165, 1.54) is 29.2 Å². The van der Waals surface area contributed by atoms with E-state index in [0.717, 1.165) is 4.68 Å². The molecule has 26 heavy (non-hydrogen) atoms. The number of halogens is 4. The molecule has 0 aromatic carbocycles. The van der Waals surface area contributed by atoms with Crippen LogP contribution in [0.4, 0.5) is 13.2 Å². The second kappa shape index (κ2) is 6.67. The lowest BCUT2D eigenvalue weighted by molar-refractivity contribution is -0.141. The van der Waals surface area contributed by atoms with Crippen molar-refractivity contribution in [3.63, 3.8) is 0 Å². The normalized spacial score (nSPS) is 15.4. The average molecular weight is 391 g/mol. The van der Waals surface area contributed by atoms with E-state index in [0.29, 0.717) is 0 Å². The molecule has 1 fully saturated rings. The standard InChI is InChI=1S/C15H14ClF3N4O3/c1-21-11(10(16)12(20-21)15(17,18)19)14(25)23-6-4-22(5-7-23)13(24)9-3-2-8-26-9/h2-3,8H,4-7H2,1H3. The van der Waals surface area contributed by atoms with Crippen molar-refractivity contribution in [2.45, 2.75) is 6.18 Å². The third kappa shape index (κ3) is 3.28. The van der Waals surface area contributed by atoms with Gasteiger partial charge in [-0.3, -0.25) is 14.3 Å². The number of carbonyl (C=O) groups is 2. The molecule has 0 radical (unpaired) electrons. The molecule has 0 unspecified atom stereocenters. The van der Waals surface area contributed by atoms with Gasteiger partial charge in [-0.2, -0.15) is 18.3 Å². The van der Waals surface area contributed by atoms with E-state index < -0.39 is 22.8 Å². The van der Waals surface area contributed by atoms with E-state index in [1.807, 2.05) is 0 Å². The van der Waals surface area contributed by atoms with Crippen molar-refractivity contribution < 1.29 is 27.2 Å². The van der Waals surface area contributed by atoms with E-state index in [2.05, 4.69) is 5.10 Å². The van der Waals surface area contributed by atoms with Gasteiger partial charge in [0.15, 0.2) is 11.5 Å². The van der Waals surface area contributed by atoms with Gasteiger partial charge in [-0.15, -0.1) is 0 Å². The van der Waals surface area contributed by atoms with Crippen LogP contribution in [0.2, 0.25) is 5.02 Å². The number of nitrogens with zero attached hydrogens (tertiary/aromatic N) is 4. The van der Waals surface area contributed by atoms with E-state index in [9.17, 15) is 22.8 Å². The summed E-state index contributed by atoms with van der Waals surface area (Å²) in [5.41, 5.74) is -1.62. The minimum Gasteiger partial charge on any atom is -0.459 e. The number of hydrogen-bond acceptors (Lipinski definition) is 4. The Bertz CT molecular complexity index is 824. The van der Waals surface area contributed by atoms with Gasteiger partial charge in [-0.1, -0.05) is 11.6 Å². The van der Waals surface area contributed by atoms with Crippen LogP contribution in [0.25, 0.3) is 0 Å². The van der Waals surface area contributed by atoms with Crippen molar-refractivity contribution in [1.29, 1.82) is 0 Å². The monoisotopic (exact) mass is 390 g/mol. The fourth-order valence-electron chi connectivity index (χ4n) is 2.73. The van der Waals surface area contributed by atoms with Crippen LogP contribution >= 0.6 is 11.6 Å². The maximum absolute atomic E-state index is 12.9. The Morgan fingerprint density at radius 3 is 2.19 bits per heavy atom. The van der Waals surface area contributed by atoms with Gasteiger partial charge >= 0.3 is 6.18 Å². The molecule has 0 bridgehead atoms. The SMILES string of the molecule is Cn1nc(C(F)(F)F)c(Cl)c1C(=O)N1CCN(C(=O)c2ccco2)CC1. The zero-order valence-corrected chi connectivity index (χ0v) is 14.3. The molecular weight excluding hydrogens is 377 g/mol. The first-order chi connectivity index (χ1) is 12.2. The number of aromatic nitrogens is 2. The van der Waals surface area contributed by atoms with E-state index in [4.69, 9.17) is 16.0 Å². The van der Waals surface area contributed by atoms with Crippen molar-refractivity contribution in [3.05, 3.63) is 40.6 Å². The molecule has 3 rings (SSSR count). The Balaban J connectivity index is 1.71. The fourth-order valence-corrected chi connectivity index (χ4v) is 3.08. The van der Waals surface area contributed by atoms with Gasteiger partial charge in [-0.05, 0) is 12.1 Å². The van der Waals surface area contributed by atoms with Gasteiger partial charge in [0.05, 0.1) is 6.26 Å². The Morgan fingerprint density at radius 2 is 1.73 bits per heavy atom. The Hall–Kier alpha value is -2.49. The van der Waals surface area contributed by atoms with Crippen LogP contribution in [0.1, 0.15) is 26.7 Å². The number of amides is 2. The minimum absolute atomic E-state index is 0.161. The molecule has 2 aromatic heterocycles. The summed E-state index contributed by atoms with van der Waals surface area (Å²) in [4.78, 5) is 27.6. The number of alkyl halides is 3. The van der Waals surface area contributed by atoms with E-state index in [1.54, 1.807) is 6.07 Å². The van der Waals surface area contributed by atoms with Gasteiger partial charge in [0.2, 0.25) is 0 Å². The van der Waals surface area contributed by atoms with Crippen molar-refractivity contribution >= 4 is 23.4 Å². The highest BCUT2D eigenvalue weighted by Gasteiger charge is 2.40. The topological polar surface area (TPSA) is 71.6 Å². The molecule has 11 heteroatoms. The fraction of sp³-hybridized carbons (Fsp3) is 0.400. The third-order valence-corrected chi connectivity index (χ3v) is 4.40. The van der Waals surface area contributed by atoms with Gasteiger partial charge in [0.25, 0.3) is 11.8 Å². The van der Waals surface area contributed by atoms with Crippen molar-refractivity contribution in [2.75, 3.05) is 26.2 Å². The van der Waals surface area contributed by atoms with Gasteiger partial charge in [-0.25, -0.2) is 0 Å². The summed E-state index contributed by atoms with van der Waals surface area (Å²) in [5, 5.41) is 2.59. The highest BCUT2D eigenvalue weighted by atomic mass is 35.5. The van der Waals surface area contributed by atoms with Gasteiger partial charge < -0.3 is 14.2 Å². The molecule has 2 aromatic rings. The Labute approximate surface area is 150 Å². The molecule has 1 saturated heterocycles. The van der Waals surface area contributed by atoms with Gasteiger partial charge in [0, 0.05) is 33.2 Å². The maximum atomic E-state index is 12.9. The quantitative estimate of drug-likeness (QED) is 0.788. The predicted octanol–water partition coefficient (Wildman–Crippen LogP) is 2.28. The summed E-state index contributed by atoms with van der Waals surface area (Å²) in [6.07, 6.45) is -3.36. The molecular formula is C15H14ClF3N4O3. The summed E-state index contributed by atoms with van der Waals surface area (Å²) < 4.78 is 44.5. The molecule has 0 saturated carbocycles. The highest BCUT2D eigenvalue weighted by molar-refractivity contribution is 6.34. The lowest BCUT2D eigenvalue weighted by Gasteiger charge is -2.34.